The highest BCUT2D eigenvalue weighted by Gasteiger charge is 2.15. The molecule has 0 saturated carbocycles. The average Bonchev–Trinajstić information content (AvgIpc) is 3.06. The Morgan fingerprint density at radius 1 is 1.28 bits per heavy atom. The molecule has 7 heteroatoms. The lowest BCUT2D eigenvalue weighted by atomic mass is 10.1. The van der Waals surface area contributed by atoms with Gasteiger partial charge < -0.3 is 19.9 Å². The zero-order valence-corrected chi connectivity index (χ0v) is 15.6. The molecule has 25 heavy (non-hydrogen) atoms. The normalized spacial score (nSPS) is 10.9. The van der Waals surface area contributed by atoms with Crippen molar-refractivity contribution in [2.45, 2.75) is 26.9 Å². The molecule has 0 aliphatic heterocycles. The van der Waals surface area contributed by atoms with E-state index >= 15 is 0 Å². The molecule has 2 rings (SSSR count). The second-order valence-corrected chi connectivity index (χ2v) is 6.58. The topological polar surface area (TPSA) is 83.7 Å². The summed E-state index contributed by atoms with van der Waals surface area (Å²) in [7, 11) is 0. The van der Waals surface area contributed by atoms with Crippen LogP contribution in [0, 0.1) is 6.92 Å². The second kappa shape index (κ2) is 9.50. The predicted molar refractivity (Wildman–Crippen MR) is 98.2 cm³/mol. The highest BCUT2D eigenvalue weighted by atomic mass is 32.1. The molecule has 0 aliphatic rings. The van der Waals surface area contributed by atoms with Gasteiger partial charge in [0.05, 0.1) is 19.3 Å². The quantitative estimate of drug-likeness (QED) is 0.544. The molecule has 0 bridgehead atoms. The predicted octanol–water partition coefficient (Wildman–Crippen LogP) is 3.04. The Kier molecular flexibility index (Phi) is 7.36. The van der Waals surface area contributed by atoms with Crippen molar-refractivity contribution in [1.29, 1.82) is 0 Å². The zero-order valence-electron chi connectivity index (χ0n) is 14.8. The van der Waals surface area contributed by atoms with Gasteiger partial charge in [-0.1, -0.05) is 12.1 Å². The first-order valence-electron chi connectivity index (χ1n) is 8.19. The standard InChI is InChI=1S/C18H24N2O4S/c1-12(2)24-18(21)15-11-25-17(20-15)14-5-4-13(3)16(10-14)23-9-8-22-7-6-19/h4-5,10-12H,6-9,19H2,1-3H3. The van der Waals surface area contributed by atoms with Gasteiger partial charge in [-0.3, -0.25) is 0 Å². The fourth-order valence-corrected chi connectivity index (χ4v) is 2.85. The first-order valence-corrected chi connectivity index (χ1v) is 9.07. The van der Waals surface area contributed by atoms with E-state index in [0.29, 0.717) is 32.1 Å². The SMILES string of the molecule is Cc1ccc(-c2nc(C(=O)OC(C)C)cs2)cc1OCCOCCN. The van der Waals surface area contributed by atoms with Crippen molar-refractivity contribution in [2.75, 3.05) is 26.4 Å². The minimum atomic E-state index is -0.405. The minimum Gasteiger partial charge on any atom is -0.491 e. The van der Waals surface area contributed by atoms with Crippen LogP contribution < -0.4 is 10.5 Å². The van der Waals surface area contributed by atoms with E-state index in [2.05, 4.69) is 4.98 Å². The number of carbonyl (C=O) groups excluding carboxylic acids is 1. The van der Waals surface area contributed by atoms with Crippen LogP contribution in [0.4, 0.5) is 0 Å². The number of hydrogen-bond acceptors (Lipinski definition) is 7. The molecule has 0 aliphatic carbocycles. The third-order valence-electron chi connectivity index (χ3n) is 3.24. The van der Waals surface area contributed by atoms with Gasteiger partial charge in [0, 0.05) is 17.5 Å². The van der Waals surface area contributed by atoms with Crippen LogP contribution in [0.2, 0.25) is 0 Å². The van der Waals surface area contributed by atoms with Crippen LogP contribution in [0.5, 0.6) is 5.75 Å². The largest absolute Gasteiger partial charge is 0.491 e. The highest BCUT2D eigenvalue weighted by molar-refractivity contribution is 7.13. The third kappa shape index (κ3) is 5.81. The fourth-order valence-electron chi connectivity index (χ4n) is 2.06. The van der Waals surface area contributed by atoms with Crippen molar-refractivity contribution in [3.05, 3.63) is 34.8 Å². The number of nitrogens with two attached hydrogens (primary N) is 1. The zero-order chi connectivity index (χ0) is 18.2. The third-order valence-corrected chi connectivity index (χ3v) is 4.13. The molecule has 0 atom stereocenters. The van der Waals surface area contributed by atoms with Crippen LogP contribution >= 0.6 is 11.3 Å². The smallest absolute Gasteiger partial charge is 0.358 e. The van der Waals surface area contributed by atoms with Crippen LogP contribution in [0.25, 0.3) is 10.6 Å². The molecule has 0 spiro atoms. The van der Waals surface area contributed by atoms with Crippen molar-refractivity contribution in [3.63, 3.8) is 0 Å². The maximum absolute atomic E-state index is 11.9. The molecule has 1 aromatic heterocycles. The molecule has 1 heterocycles. The molecule has 0 saturated heterocycles. The van der Waals surface area contributed by atoms with Crippen LogP contribution in [-0.2, 0) is 9.47 Å². The minimum absolute atomic E-state index is 0.168. The number of ether oxygens (including phenoxy) is 3. The first-order chi connectivity index (χ1) is 12.0. The molecule has 2 N–H and O–H groups in total. The van der Waals surface area contributed by atoms with Crippen molar-refractivity contribution < 1.29 is 19.0 Å². The van der Waals surface area contributed by atoms with Crippen LogP contribution in [0.15, 0.2) is 23.6 Å². The number of hydrogen-bond donors (Lipinski definition) is 1. The van der Waals surface area contributed by atoms with E-state index < -0.39 is 5.97 Å². The molecule has 0 fully saturated rings. The van der Waals surface area contributed by atoms with Crippen molar-refractivity contribution in [3.8, 4) is 16.3 Å². The monoisotopic (exact) mass is 364 g/mol. The van der Waals surface area contributed by atoms with E-state index in [1.807, 2.05) is 39.0 Å². The Hall–Kier alpha value is -1.96. The average molecular weight is 364 g/mol. The van der Waals surface area contributed by atoms with Gasteiger partial charge >= 0.3 is 5.97 Å². The number of nitrogens with zero attached hydrogens (tertiary/aromatic N) is 1. The number of thiazole rings is 1. The summed E-state index contributed by atoms with van der Waals surface area (Å²) in [5.41, 5.74) is 7.63. The van der Waals surface area contributed by atoms with Gasteiger partial charge in [0.1, 0.15) is 17.4 Å². The van der Waals surface area contributed by atoms with Gasteiger partial charge in [-0.2, -0.15) is 0 Å². The summed E-state index contributed by atoms with van der Waals surface area (Å²) in [6.45, 7) is 7.57. The van der Waals surface area contributed by atoms with Crippen molar-refractivity contribution >= 4 is 17.3 Å². The van der Waals surface area contributed by atoms with E-state index in [-0.39, 0.29) is 6.10 Å². The Morgan fingerprint density at radius 2 is 2.08 bits per heavy atom. The molecule has 0 amide bonds. The number of esters is 1. The highest BCUT2D eigenvalue weighted by Crippen LogP contribution is 2.29. The lowest BCUT2D eigenvalue weighted by Crippen LogP contribution is -2.13. The summed E-state index contributed by atoms with van der Waals surface area (Å²) in [5, 5.41) is 2.46. The van der Waals surface area contributed by atoms with Crippen LogP contribution in [-0.4, -0.2) is 43.4 Å². The Labute approximate surface area is 151 Å². The lowest BCUT2D eigenvalue weighted by Gasteiger charge is -2.10. The molecule has 0 radical (unpaired) electrons. The fraction of sp³-hybridized carbons (Fsp3) is 0.444. The van der Waals surface area contributed by atoms with Gasteiger partial charge in [-0.25, -0.2) is 9.78 Å². The van der Waals surface area contributed by atoms with Gasteiger partial charge in [0.2, 0.25) is 0 Å². The number of carbonyl (C=O) groups is 1. The Balaban J connectivity index is 2.06. The molecule has 6 nitrogen and oxygen atoms in total. The summed E-state index contributed by atoms with van der Waals surface area (Å²) in [6.07, 6.45) is -0.168. The first kappa shape index (κ1) is 19.4. The van der Waals surface area contributed by atoms with E-state index in [1.54, 1.807) is 5.38 Å². The van der Waals surface area contributed by atoms with Crippen LogP contribution in [0.1, 0.15) is 29.9 Å². The van der Waals surface area contributed by atoms with Gasteiger partial charge in [-0.05, 0) is 32.4 Å². The number of benzene rings is 1. The van der Waals surface area contributed by atoms with E-state index in [9.17, 15) is 4.79 Å². The van der Waals surface area contributed by atoms with E-state index in [1.165, 1.54) is 11.3 Å². The van der Waals surface area contributed by atoms with E-state index in [0.717, 1.165) is 21.9 Å². The number of aryl methyl sites for hydroxylation is 1. The van der Waals surface area contributed by atoms with Gasteiger partial charge in [0.15, 0.2) is 5.69 Å². The molecular weight excluding hydrogens is 340 g/mol. The van der Waals surface area contributed by atoms with Crippen LogP contribution in [0.3, 0.4) is 0 Å². The van der Waals surface area contributed by atoms with Crippen molar-refractivity contribution in [2.24, 2.45) is 5.73 Å². The summed E-state index contributed by atoms with van der Waals surface area (Å²) in [6, 6.07) is 5.86. The maximum atomic E-state index is 11.9. The summed E-state index contributed by atoms with van der Waals surface area (Å²) in [4.78, 5) is 16.3. The molecular formula is C18H24N2O4S. The number of aromatic nitrogens is 1. The number of rotatable bonds is 9. The Bertz CT molecular complexity index is 700. The molecule has 136 valence electrons. The van der Waals surface area contributed by atoms with E-state index in [4.69, 9.17) is 19.9 Å². The van der Waals surface area contributed by atoms with Gasteiger partial charge in [0.25, 0.3) is 0 Å². The summed E-state index contributed by atoms with van der Waals surface area (Å²) in [5.74, 6) is 0.369. The lowest BCUT2D eigenvalue weighted by molar-refractivity contribution is 0.0372. The van der Waals surface area contributed by atoms with Crippen molar-refractivity contribution in [1.82, 2.24) is 4.98 Å². The Morgan fingerprint density at radius 3 is 2.80 bits per heavy atom. The molecule has 1 aromatic carbocycles. The second-order valence-electron chi connectivity index (χ2n) is 5.72. The molecule has 0 unspecified atom stereocenters. The molecule has 2 aromatic rings. The van der Waals surface area contributed by atoms with Gasteiger partial charge in [-0.15, -0.1) is 11.3 Å². The maximum Gasteiger partial charge on any atom is 0.358 e. The summed E-state index contributed by atoms with van der Waals surface area (Å²) < 4.78 is 16.3. The summed E-state index contributed by atoms with van der Waals surface area (Å²) >= 11 is 1.40.